The van der Waals surface area contributed by atoms with Gasteiger partial charge in [-0.15, -0.1) is 0 Å². The highest BCUT2D eigenvalue weighted by Gasteiger charge is 2.23. The molecule has 1 atom stereocenters. The molecule has 0 N–H and O–H groups in total. The molecule has 0 radical (unpaired) electrons. The van der Waals surface area contributed by atoms with E-state index in [-0.39, 0.29) is 11.6 Å². The van der Waals surface area contributed by atoms with Gasteiger partial charge in [-0.25, -0.2) is 0 Å². The molecule has 0 bridgehead atoms. The van der Waals surface area contributed by atoms with Gasteiger partial charge in [0.15, 0.2) is 11.6 Å². The van der Waals surface area contributed by atoms with E-state index in [4.69, 9.17) is 0 Å². The summed E-state index contributed by atoms with van der Waals surface area (Å²) in [6, 6.07) is 37.5. The highest BCUT2D eigenvalue weighted by Crippen LogP contribution is 2.29. The van der Waals surface area contributed by atoms with Crippen LogP contribution in [0.2, 0.25) is 0 Å². The van der Waals surface area contributed by atoms with Gasteiger partial charge in [0.25, 0.3) is 0 Å². The third-order valence-corrected chi connectivity index (χ3v) is 5.20. The van der Waals surface area contributed by atoms with Gasteiger partial charge in [0.2, 0.25) is 0 Å². The lowest BCUT2D eigenvalue weighted by atomic mass is 9.86. The van der Waals surface area contributed by atoms with E-state index in [0.29, 0.717) is 16.7 Å². The predicted octanol–water partition coefficient (Wildman–Crippen LogP) is 6.62. The van der Waals surface area contributed by atoms with Crippen molar-refractivity contribution in [1.29, 1.82) is 0 Å². The van der Waals surface area contributed by atoms with E-state index in [2.05, 4.69) is 0 Å². The second kappa shape index (κ2) is 9.64. The van der Waals surface area contributed by atoms with Crippen LogP contribution in [-0.2, 0) is 0 Å². The van der Waals surface area contributed by atoms with E-state index in [1.807, 2.05) is 115 Å². The second-order valence-electron chi connectivity index (χ2n) is 7.26. The van der Waals surface area contributed by atoms with Gasteiger partial charge >= 0.3 is 0 Å². The second-order valence-corrected chi connectivity index (χ2v) is 7.26. The van der Waals surface area contributed by atoms with Crippen LogP contribution in [0.5, 0.6) is 0 Å². The highest BCUT2D eigenvalue weighted by molar-refractivity contribution is 6.29. The first-order valence-electron chi connectivity index (χ1n) is 10.3. The zero-order chi connectivity index (χ0) is 21.5. The molecule has 1 unspecified atom stereocenters. The van der Waals surface area contributed by atoms with Crippen LogP contribution in [0.25, 0.3) is 5.57 Å². The zero-order valence-electron chi connectivity index (χ0n) is 17.0. The minimum Gasteiger partial charge on any atom is -0.293 e. The summed E-state index contributed by atoms with van der Waals surface area (Å²) in [6.07, 6.45) is 1.81. The van der Waals surface area contributed by atoms with E-state index in [1.165, 1.54) is 0 Å². The smallest absolute Gasteiger partial charge is 0.193 e. The van der Waals surface area contributed by atoms with Crippen molar-refractivity contribution in [2.24, 2.45) is 0 Å². The molecule has 150 valence electrons. The molecule has 0 amide bonds. The quantitative estimate of drug-likeness (QED) is 0.257. The first-order valence-corrected chi connectivity index (χ1v) is 10.3. The first-order chi connectivity index (χ1) is 15.2. The molecule has 0 saturated heterocycles. The number of rotatable bonds is 7. The van der Waals surface area contributed by atoms with Crippen LogP contribution in [0.15, 0.2) is 127 Å². The van der Waals surface area contributed by atoms with E-state index in [9.17, 15) is 9.59 Å². The van der Waals surface area contributed by atoms with Crippen molar-refractivity contribution in [3.8, 4) is 0 Å². The van der Waals surface area contributed by atoms with Crippen LogP contribution >= 0.6 is 0 Å². The first kappa shape index (κ1) is 20.2. The number of carbonyl (C=O) groups excluding carboxylic acids is 2. The maximum atomic E-state index is 13.5. The van der Waals surface area contributed by atoms with Crippen LogP contribution in [0.4, 0.5) is 0 Å². The Bertz CT molecular complexity index is 1180. The summed E-state index contributed by atoms with van der Waals surface area (Å²) in [5.41, 5.74) is 3.37. The van der Waals surface area contributed by atoms with Crippen molar-refractivity contribution >= 4 is 17.1 Å². The monoisotopic (exact) mass is 402 g/mol. The number of Topliss-reactive ketones (excluding diaryl/α,β-unsaturated/α-hetero) is 2. The summed E-state index contributed by atoms with van der Waals surface area (Å²) in [5, 5.41) is 0. The fourth-order valence-electron chi connectivity index (χ4n) is 3.60. The Morgan fingerprint density at radius 1 is 0.516 bits per heavy atom. The molecule has 4 aromatic rings. The molecule has 0 aromatic heterocycles. The van der Waals surface area contributed by atoms with Gasteiger partial charge in [-0.2, -0.15) is 0 Å². The molecule has 4 aromatic carbocycles. The molecule has 0 fully saturated rings. The topological polar surface area (TPSA) is 34.1 Å². The van der Waals surface area contributed by atoms with Crippen molar-refractivity contribution in [1.82, 2.24) is 0 Å². The number of benzene rings is 4. The van der Waals surface area contributed by atoms with Gasteiger partial charge in [-0.1, -0.05) is 127 Å². The SMILES string of the molecule is O=C(/C(=C/C(C(=O)c1ccccc1)c1ccccc1)c1ccccc1)c1ccccc1. The van der Waals surface area contributed by atoms with E-state index in [1.54, 1.807) is 12.1 Å². The Morgan fingerprint density at radius 3 is 1.45 bits per heavy atom. The van der Waals surface area contributed by atoms with Gasteiger partial charge < -0.3 is 0 Å². The normalized spacial score (nSPS) is 12.2. The van der Waals surface area contributed by atoms with Crippen LogP contribution < -0.4 is 0 Å². The van der Waals surface area contributed by atoms with Crippen molar-refractivity contribution in [3.63, 3.8) is 0 Å². The number of ketones is 2. The van der Waals surface area contributed by atoms with Crippen LogP contribution in [0, 0.1) is 0 Å². The van der Waals surface area contributed by atoms with E-state index in [0.717, 1.165) is 11.1 Å². The molecular formula is C29H22O2. The Balaban J connectivity index is 1.87. The number of carbonyl (C=O) groups is 2. The maximum Gasteiger partial charge on any atom is 0.193 e. The van der Waals surface area contributed by atoms with E-state index < -0.39 is 5.92 Å². The van der Waals surface area contributed by atoms with Crippen LogP contribution in [0.1, 0.15) is 37.8 Å². The summed E-state index contributed by atoms with van der Waals surface area (Å²) in [4.78, 5) is 27.0. The molecule has 0 aliphatic carbocycles. The van der Waals surface area contributed by atoms with Crippen LogP contribution in [0.3, 0.4) is 0 Å². The van der Waals surface area contributed by atoms with Gasteiger partial charge in [0.1, 0.15) is 0 Å². The standard InChI is InChI=1S/C29H22O2/c30-28(24-17-9-3-10-18-24)26(22-13-5-1-6-14-22)21-27(23-15-7-2-8-16-23)29(31)25-19-11-4-12-20-25/h1-21,26H/b27-21+. The van der Waals surface area contributed by atoms with Gasteiger partial charge in [-0.3, -0.25) is 9.59 Å². The minimum absolute atomic E-state index is 0.0407. The van der Waals surface area contributed by atoms with Crippen LogP contribution in [-0.4, -0.2) is 11.6 Å². The molecule has 0 heterocycles. The summed E-state index contributed by atoms with van der Waals surface area (Å²) in [7, 11) is 0. The van der Waals surface area contributed by atoms with Gasteiger partial charge in [-0.05, 0) is 11.1 Å². The Labute approximate surface area is 182 Å². The largest absolute Gasteiger partial charge is 0.293 e. The van der Waals surface area contributed by atoms with Crippen molar-refractivity contribution in [3.05, 3.63) is 150 Å². The van der Waals surface area contributed by atoms with E-state index >= 15 is 0 Å². The van der Waals surface area contributed by atoms with Crippen molar-refractivity contribution in [2.75, 3.05) is 0 Å². The number of hydrogen-bond donors (Lipinski definition) is 0. The van der Waals surface area contributed by atoms with Gasteiger partial charge in [0.05, 0.1) is 5.92 Å². The molecule has 0 saturated carbocycles. The fourth-order valence-corrected chi connectivity index (χ4v) is 3.60. The minimum atomic E-state index is -0.577. The molecule has 31 heavy (non-hydrogen) atoms. The molecule has 2 heteroatoms. The lowest BCUT2D eigenvalue weighted by Crippen LogP contribution is -2.13. The molecular weight excluding hydrogens is 380 g/mol. The maximum absolute atomic E-state index is 13.5. The zero-order valence-corrected chi connectivity index (χ0v) is 17.0. The fraction of sp³-hybridized carbons (Fsp3) is 0.0345. The lowest BCUT2D eigenvalue weighted by Gasteiger charge is -2.16. The lowest BCUT2D eigenvalue weighted by molar-refractivity contribution is 0.0976. The number of allylic oxidation sites excluding steroid dienone is 2. The summed E-state index contributed by atoms with van der Waals surface area (Å²) < 4.78 is 0. The summed E-state index contributed by atoms with van der Waals surface area (Å²) in [6.45, 7) is 0. The Kier molecular flexibility index (Phi) is 6.29. The van der Waals surface area contributed by atoms with Crippen molar-refractivity contribution < 1.29 is 9.59 Å². The molecule has 0 aliphatic heterocycles. The molecule has 4 rings (SSSR count). The van der Waals surface area contributed by atoms with Gasteiger partial charge in [0, 0.05) is 16.7 Å². The highest BCUT2D eigenvalue weighted by atomic mass is 16.1. The molecule has 0 aliphatic rings. The summed E-state index contributed by atoms with van der Waals surface area (Å²) in [5.74, 6) is -0.721. The summed E-state index contributed by atoms with van der Waals surface area (Å²) >= 11 is 0. The third-order valence-electron chi connectivity index (χ3n) is 5.20. The molecule has 0 spiro atoms. The predicted molar refractivity (Wildman–Crippen MR) is 125 cm³/mol. The Hall–Kier alpha value is -4.04. The van der Waals surface area contributed by atoms with Crippen molar-refractivity contribution in [2.45, 2.75) is 5.92 Å². The average molecular weight is 402 g/mol. The Morgan fingerprint density at radius 2 is 0.935 bits per heavy atom. The number of hydrogen-bond acceptors (Lipinski definition) is 2. The third kappa shape index (κ3) is 4.76. The molecule has 2 nitrogen and oxygen atoms in total. The average Bonchev–Trinajstić information content (AvgIpc) is 2.86.